The number of nitrogens with one attached hydrogen (secondary N) is 1. The van der Waals surface area contributed by atoms with Crippen LogP contribution in [0.15, 0.2) is 66.4 Å². The molecule has 1 N–H and O–H groups in total. The third kappa shape index (κ3) is 3.46. The van der Waals surface area contributed by atoms with Gasteiger partial charge in [-0.05, 0) is 54.8 Å². The number of anilines is 1. The molecule has 0 fully saturated rings. The SMILES string of the molecule is CCC(/C(C)=C/C#N)(c1ccc(Cl)cc1)n1ccc2c(NS(C)=O)cccc21. The van der Waals surface area contributed by atoms with Crippen LogP contribution in [-0.2, 0) is 16.5 Å². The summed E-state index contributed by atoms with van der Waals surface area (Å²) in [5.41, 5.74) is 3.28. The first kappa shape index (κ1) is 20.2. The predicted octanol–water partition coefficient (Wildman–Crippen LogP) is 5.62. The maximum atomic E-state index is 11.7. The highest BCUT2D eigenvalue weighted by Gasteiger charge is 2.35. The Hall–Kier alpha value is -2.55. The van der Waals surface area contributed by atoms with Gasteiger partial charge in [0.15, 0.2) is 0 Å². The number of hydrogen-bond donors (Lipinski definition) is 1. The summed E-state index contributed by atoms with van der Waals surface area (Å²) in [7, 11) is -1.17. The van der Waals surface area contributed by atoms with Gasteiger partial charge in [-0.3, -0.25) is 0 Å². The molecule has 1 aromatic heterocycles. The molecular formula is C22H22ClN3OS. The molecule has 3 aromatic rings. The number of fused-ring (bicyclic) bond motifs is 1. The van der Waals surface area contributed by atoms with E-state index in [0.717, 1.165) is 34.1 Å². The molecule has 4 nitrogen and oxygen atoms in total. The lowest BCUT2D eigenvalue weighted by Crippen LogP contribution is -2.35. The summed E-state index contributed by atoms with van der Waals surface area (Å²) in [6.45, 7) is 4.09. The first-order valence-corrected chi connectivity index (χ1v) is 10.9. The van der Waals surface area contributed by atoms with E-state index in [1.165, 1.54) is 0 Å². The first-order valence-electron chi connectivity index (χ1n) is 8.97. The second-order valence-electron chi connectivity index (χ2n) is 6.66. The Bertz CT molecular complexity index is 1100. The number of rotatable bonds is 6. The molecule has 2 aromatic carbocycles. The number of benzene rings is 2. The summed E-state index contributed by atoms with van der Waals surface area (Å²) < 4.78 is 16.9. The van der Waals surface area contributed by atoms with Crippen LogP contribution in [0.2, 0.25) is 5.02 Å². The lowest BCUT2D eigenvalue weighted by molar-refractivity contribution is 0.419. The molecule has 2 unspecified atom stereocenters. The Morgan fingerprint density at radius 1 is 1.29 bits per heavy atom. The molecule has 2 atom stereocenters. The van der Waals surface area contributed by atoms with E-state index in [2.05, 4.69) is 22.3 Å². The van der Waals surface area contributed by atoms with Crippen molar-refractivity contribution in [3.05, 3.63) is 77.0 Å². The van der Waals surface area contributed by atoms with Crippen LogP contribution < -0.4 is 4.72 Å². The number of halogens is 1. The molecule has 6 heteroatoms. The van der Waals surface area contributed by atoms with Crippen LogP contribution in [0.4, 0.5) is 5.69 Å². The van der Waals surface area contributed by atoms with Crippen molar-refractivity contribution in [1.82, 2.24) is 4.57 Å². The van der Waals surface area contributed by atoms with Crippen molar-refractivity contribution >= 4 is 39.2 Å². The number of hydrogen-bond acceptors (Lipinski definition) is 2. The van der Waals surface area contributed by atoms with Crippen LogP contribution in [0.5, 0.6) is 0 Å². The van der Waals surface area contributed by atoms with Crippen molar-refractivity contribution in [2.75, 3.05) is 11.0 Å². The molecule has 0 saturated carbocycles. The second-order valence-corrected chi connectivity index (χ2v) is 8.21. The van der Waals surface area contributed by atoms with Gasteiger partial charge in [0.25, 0.3) is 0 Å². The maximum absolute atomic E-state index is 11.7. The van der Waals surface area contributed by atoms with Crippen LogP contribution >= 0.6 is 11.6 Å². The maximum Gasteiger partial charge on any atom is 0.113 e. The summed E-state index contributed by atoms with van der Waals surface area (Å²) in [6.07, 6.45) is 5.99. The average Bonchev–Trinajstić information content (AvgIpc) is 3.10. The zero-order valence-electron chi connectivity index (χ0n) is 16.1. The van der Waals surface area contributed by atoms with Crippen LogP contribution in [-0.4, -0.2) is 15.0 Å². The van der Waals surface area contributed by atoms with E-state index in [9.17, 15) is 9.47 Å². The van der Waals surface area contributed by atoms with Gasteiger partial charge in [-0.25, -0.2) is 4.21 Å². The van der Waals surface area contributed by atoms with E-state index in [1.807, 2.05) is 61.7 Å². The van der Waals surface area contributed by atoms with E-state index < -0.39 is 16.5 Å². The van der Waals surface area contributed by atoms with Crippen LogP contribution in [0.1, 0.15) is 25.8 Å². The zero-order valence-corrected chi connectivity index (χ0v) is 17.6. The number of aromatic nitrogens is 1. The van der Waals surface area contributed by atoms with Crippen molar-refractivity contribution in [2.45, 2.75) is 25.8 Å². The van der Waals surface area contributed by atoms with Crippen molar-refractivity contribution in [1.29, 1.82) is 5.26 Å². The average molecular weight is 412 g/mol. The molecule has 0 saturated heterocycles. The highest BCUT2D eigenvalue weighted by molar-refractivity contribution is 7.85. The van der Waals surface area contributed by atoms with Crippen molar-refractivity contribution in [3.63, 3.8) is 0 Å². The molecule has 0 aliphatic carbocycles. The molecule has 0 aliphatic rings. The van der Waals surface area contributed by atoms with Crippen molar-refractivity contribution < 1.29 is 4.21 Å². The van der Waals surface area contributed by atoms with E-state index in [4.69, 9.17) is 11.6 Å². The second kappa shape index (κ2) is 8.22. The molecule has 3 rings (SSSR count). The standard InChI is InChI=1S/C22H22ClN3OS/c1-4-22(16(2)12-14-24,17-8-10-18(23)11-9-17)26-15-13-19-20(25-28(3)27)6-5-7-21(19)26/h5-13,15,25H,4H2,1-3H3/b16-12+. The Labute approximate surface area is 173 Å². The van der Waals surface area contributed by atoms with Crippen LogP contribution in [0.3, 0.4) is 0 Å². The van der Waals surface area contributed by atoms with Gasteiger partial charge >= 0.3 is 0 Å². The summed E-state index contributed by atoms with van der Waals surface area (Å²) >= 11 is 6.12. The first-order chi connectivity index (χ1) is 13.4. The van der Waals surface area contributed by atoms with Gasteiger partial charge in [-0.1, -0.05) is 36.7 Å². The predicted molar refractivity (Wildman–Crippen MR) is 118 cm³/mol. The number of nitriles is 1. The smallest absolute Gasteiger partial charge is 0.113 e. The topological polar surface area (TPSA) is 57.8 Å². The highest BCUT2D eigenvalue weighted by Crippen LogP contribution is 2.41. The molecular weight excluding hydrogens is 390 g/mol. The van der Waals surface area contributed by atoms with Gasteiger partial charge in [0.1, 0.15) is 11.0 Å². The largest absolute Gasteiger partial charge is 0.333 e. The van der Waals surface area contributed by atoms with Gasteiger partial charge in [0.2, 0.25) is 0 Å². The summed E-state index contributed by atoms with van der Waals surface area (Å²) in [4.78, 5) is 0. The zero-order chi connectivity index (χ0) is 20.3. The van der Waals surface area contributed by atoms with E-state index >= 15 is 0 Å². The Balaban J connectivity index is 2.33. The third-order valence-corrected chi connectivity index (χ3v) is 5.92. The molecule has 0 spiro atoms. The van der Waals surface area contributed by atoms with Crippen LogP contribution in [0, 0.1) is 11.3 Å². The molecule has 28 heavy (non-hydrogen) atoms. The fourth-order valence-electron chi connectivity index (χ4n) is 3.90. The number of nitrogens with zero attached hydrogens (tertiary/aromatic N) is 2. The minimum Gasteiger partial charge on any atom is -0.333 e. The Morgan fingerprint density at radius 3 is 2.61 bits per heavy atom. The monoisotopic (exact) mass is 411 g/mol. The molecule has 0 bridgehead atoms. The van der Waals surface area contributed by atoms with Crippen molar-refractivity contribution in [2.24, 2.45) is 0 Å². The Kier molecular flexibility index (Phi) is 5.93. The molecule has 0 radical (unpaired) electrons. The Morgan fingerprint density at radius 2 is 2.00 bits per heavy atom. The van der Waals surface area contributed by atoms with Gasteiger partial charge < -0.3 is 9.29 Å². The van der Waals surface area contributed by atoms with Gasteiger partial charge in [-0.15, -0.1) is 0 Å². The minimum absolute atomic E-state index is 0.536. The fraction of sp³-hybridized carbons (Fsp3) is 0.227. The van der Waals surface area contributed by atoms with E-state index in [0.29, 0.717) is 5.02 Å². The molecule has 1 heterocycles. The van der Waals surface area contributed by atoms with E-state index in [-0.39, 0.29) is 0 Å². The lowest BCUT2D eigenvalue weighted by atomic mass is 9.80. The van der Waals surface area contributed by atoms with Crippen LogP contribution in [0.25, 0.3) is 10.9 Å². The molecule has 0 amide bonds. The highest BCUT2D eigenvalue weighted by atomic mass is 35.5. The summed E-state index contributed by atoms with van der Waals surface area (Å²) in [5, 5.41) is 11.0. The normalized spacial score (nSPS) is 15.0. The summed E-state index contributed by atoms with van der Waals surface area (Å²) in [5.74, 6) is 0. The van der Waals surface area contributed by atoms with Gasteiger partial charge in [-0.2, -0.15) is 5.26 Å². The summed E-state index contributed by atoms with van der Waals surface area (Å²) in [6, 6.07) is 17.9. The molecule has 0 aliphatic heterocycles. The van der Waals surface area contributed by atoms with Gasteiger partial charge in [0.05, 0.1) is 22.8 Å². The van der Waals surface area contributed by atoms with Crippen molar-refractivity contribution in [3.8, 4) is 6.07 Å². The molecule has 144 valence electrons. The van der Waals surface area contributed by atoms with Gasteiger partial charge in [0, 0.05) is 28.9 Å². The quantitative estimate of drug-likeness (QED) is 0.535. The van der Waals surface area contributed by atoms with E-state index in [1.54, 1.807) is 12.3 Å². The third-order valence-electron chi connectivity index (χ3n) is 5.16. The minimum atomic E-state index is -1.17. The number of allylic oxidation sites excluding steroid dienone is 2. The fourth-order valence-corrected chi connectivity index (χ4v) is 4.51. The lowest BCUT2D eigenvalue weighted by Gasteiger charge is -2.37.